The number of methoxy groups -OCH3 is 3. The van der Waals surface area contributed by atoms with Gasteiger partial charge in [0.25, 0.3) is 0 Å². The van der Waals surface area contributed by atoms with E-state index < -0.39 is 6.04 Å². The number of carbonyl (C=O) groups is 2. The van der Waals surface area contributed by atoms with E-state index in [1.54, 1.807) is 32.3 Å². The largest absolute Gasteiger partial charge is 0.497 e. The first kappa shape index (κ1) is 45.8. The van der Waals surface area contributed by atoms with Crippen molar-refractivity contribution >= 4 is 23.2 Å². The lowest BCUT2D eigenvalue weighted by Gasteiger charge is -2.38. The number of rotatable bonds is 15. The van der Waals surface area contributed by atoms with E-state index in [1.807, 2.05) is 136 Å². The predicted octanol–water partition coefficient (Wildman–Crippen LogP) is 10.5. The number of hydrogen-bond acceptors (Lipinski definition) is 9. The van der Waals surface area contributed by atoms with Gasteiger partial charge >= 0.3 is 0 Å². The number of nitrogens with zero attached hydrogens (tertiary/aromatic N) is 2. The Hall–Kier alpha value is -7.21. The molecule has 0 radical (unpaired) electrons. The van der Waals surface area contributed by atoms with Crippen LogP contribution in [0.3, 0.4) is 0 Å². The molecule has 0 spiro atoms. The van der Waals surface area contributed by atoms with Gasteiger partial charge in [0, 0.05) is 16.9 Å². The lowest BCUT2D eigenvalue weighted by atomic mass is 9.86. The summed E-state index contributed by atoms with van der Waals surface area (Å²) in [6.07, 6.45) is 0.471. The molecule has 2 atom stereocenters. The second kappa shape index (κ2) is 21.0. The maximum absolute atomic E-state index is 14.2. The fraction of sp³-hybridized carbons (Fsp3) is 0.283. The monoisotopic (exact) mass is 882 g/mol. The zero-order chi connectivity index (χ0) is 46.0. The quantitative estimate of drug-likeness (QED) is 0.0997. The minimum absolute atomic E-state index is 0.00446. The third kappa shape index (κ3) is 9.82. The Morgan fingerprint density at radius 3 is 1.37 bits per heavy atom. The molecular weight excluding hydrogens is 828 g/mol. The number of para-hydroxylation sites is 1. The molecule has 0 saturated carbocycles. The normalized spacial score (nSPS) is 15.2. The molecule has 0 fully saturated rings. The Kier molecular flexibility index (Phi) is 14.8. The summed E-state index contributed by atoms with van der Waals surface area (Å²) in [5, 5.41) is 0. The summed E-state index contributed by atoms with van der Waals surface area (Å²) in [5.74, 6) is 4.25. The molecule has 8 rings (SSSR count). The summed E-state index contributed by atoms with van der Waals surface area (Å²) in [7, 11) is 4.87. The molecule has 0 aromatic heterocycles. The van der Waals surface area contributed by atoms with Gasteiger partial charge in [-0.25, -0.2) is 4.39 Å². The molecular formula is C53H55FN2O9. The number of amides is 2. The smallest absolute Gasteiger partial charge is 0.232 e. The molecule has 2 amide bonds. The van der Waals surface area contributed by atoms with Crippen LogP contribution in [-0.4, -0.2) is 59.6 Å². The van der Waals surface area contributed by atoms with Crippen molar-refractivity contribution in [3.63, 3.8) is 0 Å². The Morgan fingerprint density at radius 1 is 0.477 bits per heavy atom. The molecule has 11 nitrogen and oxygen atoms in total. The Morgan fingerprint density at radius 2 is 0.923 bits per heavy atom. The lowest BCUT2D eigenvalue weighted by Crippen LogP contribution is -2.41. The maximum atomic E-state index is 14.2. The minimum Gasteiger partial charge on any atom is -0.497 e. The zero-order valence-electron chi connectivity index (χ0n) is 37.9. The standard InChI is InChI=1S/C27H29NO5.C26H26FNO4/c1-5-32-24-15-18-16-26(29)28(19-11-13-20(30-3)14-12-19)27(22(18)17-25(24)33-6-2)21-9-7-8-10-23(21)31-4;1-4-31-23-14-18-15-25(29)28(20-9-11-21(30-3)12-10-20)26(17-7-6-8-19(27)13-17)22(18)16-24(23)32-5-2/h7-15,17,27H,5-6,16H2,1-4H3;6-14,16,26H,4-5,15H2,1-3H3. The van der Waals surface area contributed by atoms with E-state index in [0.717, 1.165) is 39.3 Å². The number of anilines is 2. The van der Waals surface area contributed by atoms with Crippen LogP contribution in [0.1, 0.15) is 73.2 Å². The molecule has 338 valence electrons. The number of halogens is 1. The van der Waals surface area contributed by atoms with Crippen molar-refractivity contribution in [3.8, 4) is 40.2 Å². The van der Waals surface area contributed by atoms with Gasteiger partial charge in [0.05, 0.1) is 72.7 Å². The highest BCUT2D eigenvalue weighted by molar-refractivity contribution is 5.99. The lowest BCUT2D eigenvalue weighted by molar-refractivity contribution is -0.119. The highest BCUT2D eigenvalue weighted by Crippen LogP contribution is 2.47. The van der Waals surface area contributed by atoms with E-state index in [-0.39, 0.29) is 36.5 Å². The second-order valence-corrected chi connectivity index (χ2v) is 15.1. The van der Waals surface area contributed by atoms with Gasteiger partial charge in [0.2, 0.25) is 11.8 Å². The van der Waals surface area contributed by atoms with E-state index in [4.69, 9.17) is 33.2 Å². The Balaban J connectivity index is 0.000000194. The van der Waals surface area contributed by atoms with E-state index in [9.17, 15) is 14.0 Å². The van der Waals surface area contributed by atoms with Crippen LogP contribution in [0, 0.1) is 5.82 Å². The third-order valence-corrected chi connectivity index (χ3v) is 11.2. The van der Waals surface area contributed by atoms with Gasteiger partial charge in [-0.05, 0) is 147 Å². The molecule has 2 aliphatic heterocycles. The van der Waals surface area contributed by atoms with Crippen molar-refractivity contribution in [2.24, 2.45) is 0 Å². The predicted molar refractivity (Wildman–Crippen MR) is 249 cm³/mol. The summed E-state index contributed by atoms with van der Waals surface area (Å²) in [5.41, 5.74) is 6.73. The number of ether oxygens (including phenoxy) is 7. The van der Waals surface area contributed by atoms with Crippen LogP contribution in [0.5, 0.6) is 40.2 Å². The van der Waals surface area contributed by atoms with Gasteiger partial charge < -0.3 is 43.0 Å². The summed E-state index contributed by atoms with van der Waals surface area (Å²) in [6.45, 7) is 9.68. The molecule has 0 saturated heterocycles. The molecule has 12 heteroatoms. The van der Waals surface area contributed by atoms with Crippen molar-refractivity contribution in [1.82, 2.24) is 0 Å². The van der Waals surface area contributed by atoms with Crippen LogP contribution >= 0.6 is 0 Å². The maximum Gasteiger partial charge on any atom is 0.232 e. The Labute approximate surface area is 380 Å². The van der Waals surface area contributed by atoms with Gasteiger partial charge in [-0.15, -0.1) is 0 Å². The number of fused-ring (bicyclic) bond motifs is 2. The highest BCUT2D eigenvalue weighted by atomic mass is 19.1. The fourth-order valence-electron chi connectivity index (χ4n) is 8.46. The van der Waals surface area contributed by atoms with Crippen LogP contribution in [0.2, 0.25) is 0 Å². The van der Waals surface area contributed by atoms with Crippen LogP contribution in [0.25, 0.3) is 0 Å². The second-order valence-electron chi connectivity index (χ2n) is 15.1. The first-order valence-electron chi connectivity index (χ1n) is 21.8. The summed E-state index contributed by atoms with van der Waals surface area (Å²) >= 11 is 0. The third-order valence-electron chi connectivity index (χ3n) is 11.2. The van der Waals surface area contributed by atoms with E-state index in [2.05, 4.69) is 0 Å². The van der Waals surface area contributed by atoms with Gasteiger partial charge in [-0.3, -0.25) is 9.59 Å². The van der Waals surface area contributed by atoms with Gasteiger partial charge in [0.1, 0.15) is 23.1 Å². The molecule has 65 heavy (non-hydrogen) atoms. The van der Waals surface area contributed by atoms with Gasteiger partial charge in [-0.1, -0.05) is 30.3 Å². The molecule has 2 aliphatic rings. The topological polar surface area (TPSA) is 105 Å². The number of hydrogen-bond donors (Lipinski definition) is 0. The van der Waals surface area contributed by atoms with Crippen LogP contribution in [0.15, 0.2) is 121 Å². The molecule has 0 N–H and O–H groups in total. The molecule has 6 aromatic carbocycles. The van der Waals surface area contributed by atoms with Crippen LogP contribution in [-0.2, 0) is 22.4 Å². The van der Waals surface area contributed by atoms with E-state index in [1.165, 1.54) is 12.1 Å². The van der Waals surface area contributed by atoms with Crippen molar-refractivity contribution in [1.29, 1.82) is 0 Å². The summed E-state index contributed by atoms with van der Waals surface area (Å²) in [6, 6.07) is 35.8. The Bertz CT molecular complexity index is 2600. The van der Waals surface area contributed by atoms with Crippen molar-refractivity contribution in [2.45, 2.75) is 52.6 Å². The van der Waals surface area contributed by atoms with E-state index >= 15 is 0 Å². The van der Waals surface area contributed by atoms with Gasteiger partial charge in [0.15, 0.2) is 23.0 Å². The van der Waals surface area contributed by atoms with Crippen molar-refractivity contribution in [2.75, 3.05) is 57.6 Å². The summed E-state index contributed by atoms with van der Waals surface area (Å²) < 4.78 is 53.8. The van der Waals surface area contributed by atoms with Crippen LogP contribution < -0.4 is 43.0 Å². The molecule has 0 bridgehead atoms. The molecule has 2 unspecified atom stereocenters. The first-order valence-corrected chi connectivity index (χ1v) is 21.8. The average molecular weight is 883 g/mol. The van der Waals surface area contributed by atoms with Crippen LogP contribution in [0.4, 0.5) is 15.8 Å². The van der Waals surface area contributed by atoms with Crippen molar-refractivity contribution < 1.29 is 47.1 Å². The first-order chi connectivity index (χ1) is 31.7. The zero-order valence-corrected chi connectivity index (χ0v) is 37.9. The van der Waals surface area contributed by atoms with E-state index in [0.29, 0.717) is 72.2 Å². The average Bonchev–Trinajstić information content (AvgIpc) is 3.32. The minimum atomic E-state index is -0.509. The summed E-state index contributed by atoms with van der Waals surface area (Å²) in [4.78, 5) is 30.5. The van der Waals surface area contributed by atoms with Gasteiger partial charge in [-0.2, -0.15) is 0 Å². The SMILES string of the molecule is CCOc1cc2c(cc1OCC)C(c1cccc(F)c1)N(c1ccc(OC)cc1)C(=O)C2.CCOc1cc2c(cc1OCC)C(c1ccccc1OC)N(c1ccc(OC)cc1)C(=O)C2. The fourth-order valence-corrected chi connectivity index (χ4v) is 8.46. The molecule has 2 heterocycles. The molecule has 0 aliphatic carbocycles. The number of benzene rings is 6. The highest BCUT2D eigenvalue weighted by Gasteiger charge is 2.38. The van der Waals surface area contributed by atoms with Crippen molar-refractivity contribution in [3.05, 3.63) is 161 Å². The molecule has 6 aromatic rings. The number of carbonyl (C=O) groups excluding carboxylic acids is 2.